The van der Waals surface area contributed by atoms with Crippen molar-refractivity contribution >= 4 is 16.9 Å². The van der Waals surface area contributed by atoms with Crippen LogP contribution in [0.4, 0.5) is 0 Å². The summed E-state index contributed by atoms with van der Waals surface area (Å²) in [6, 6.07) is 0. The van der Waals surface area contributed by atoms with E-state index in [4.69, 9.17) is 5.26 Å². The highest BCUT2D eigenvalue weighted by Crippen LogP contribution is 2.30. The summed E-state index contributed by atoms with van der Waals surface area (Å²) in [4.78, 5) is 5.99. The highest BCUT2D eigenvalue weighted by molar-refractivity contribution is 8.13. The molecule has 0 amide bonds. The van der Waals surface area contributed by atoms with Crippen LogP contribution in [0.3, 0.4) is 0 Å². The smallest absolute Gasteiger partial charge is 0.208 e. The molecule has 0 saturated carbocycles. The molecule has 0 bridgehead atoms. The van der Waals surface area contributed by atoms with Gasteiger partial charge in [-0.2, -0.15) is 5.26 Å². The molecule has 72 valence electrons. The van der Waals surface area contributed by atoms with Crippen LogP contribution in [-0.2, 0) is 0 Å². The Labute approximate surface area is 83.8 Å². The van der Waals surface area contributed by atoms with Gasteiger partial charge in [0, 0.05) is 13.1 Å². The van der Waals surface area contributed by atoms with E-state index in [2.05, 4.69) is 23.7 Å². The fourth-order valence-electron chi connectivity index (χ4n) is 1.56. The Morgan fingerprint density at radius 2 is 2.31 bits per heavy atom. The van der Waals surface area contributed by atoms with Gasteiger partial charge in [0.15, 0.2) is 5.17 Å². The van der Waals surface area contributed by atoms with E-state index in [1.54, 1.807) is 11.8 Å². The van der Waals surface area contributed by atoms with E-state index in [-0.39, 0.29) is 0 Å². The van der Waals surface area contributed by atoms with Crippen LogP contribution in [0, 0.1) is 16.9 Å². The van der Waals surface area contributed by atoms with Gasteiger partial charge in [-0.25, -0.2) is 0 Å². The fraction of sp³-hybridized carbons (Fsp3) is 0.778. The maximum absolute atomic E-state index is 8.48. The van der Waals surface area contributed by atoms with Crippen LogP contribution in [0.5, 0.6) is 0 Å². The van der Waals surface area contributed by atoms with Crippen molar-refractivity contribution in [1.29, 1.82) is 5.26 Å². The first-order valence-corrected chi connectivity index (χ1v) is 5.57. The summed E-state index contributed by atoms with van der Waals surface area (Å²) in [7, 11) is 0. The Bertz CT molecular complexity index is 252. The van der Waals surface area contributed by atoms with E-state index in [0.29, 0.717) is 5.41 Å². The minimum Gasteiger partial charge on any atom is -0.350 e. The molecule has 1 rings (SSSR count). The zero-order valence-corrected chi connectivity index (χ0v) is 9.19. The summed E-state index contributed by atoms with van der Waals surface area (Å²) in [5.74, 6) is 0. The van der Waals surface area contributed by atoms with Gasteiger partial charge in [0.2, 0.25) is 6.19 Å². The molecule has 1 saturated heterocycles. The average molecular weight is 197 g/mol. The average Bonchev–Trinajstić information content (AvgIpc) is 2.42. The van der Waals surface area contributed by atoms with Crippen LogP contribution in [0.1, 0.15) is 20.3 Å². The van der Waals surface area contributed by atoms with Gasteiger partial charge < -0.3 is 4.90 Å². The number of hydrogen-bond acceptors (Lipinski definition) is 3. The van der Waals surface area contributed by atoms with Gasteiger partial charge in [0.25, 0.3) is 0 Å². The van der Waals surface area contributed by atoms with Crippen molar-refractivity contribution in [2.24, 2.45) is 10.4 Å². The molecule has 0 aromatic rings. The topological polar surface area (TPSA) is 39.4 Å². The second-order valence-corrected chi connectivity index (χ2v) is 4.81. The third-order valence-electron chi connectivity index (χ3n) is 2.28. The largest absolute Gasteiger partial charge is 0.350 e. The summed E-state index contributed by atoms with van der Waals surface area (Å²) in [5, 5.41) is 9.34. The Kier molecular flexibility index (Phi) is 3.21. The molecule has 1 aliphatic heterocycles. The van der Waals surface area contributed by atoms with Crippen LogP contribution >= 0.6 is 11.8 Å². The standard InChI is InChI=1S/C9H15N3S/c1-9(2)4-5-12(6-9)8(13-3)11-7-10/h4-6H2,1-3H3. The van der Waals surface area contributed by atoms with Crippen LogP contribution in [0.25, 0.3) is 0 Å². The molecule has 0 aromatic heterocycles. The Morgan fingerprint density at radius 1 is 1.62 bits per heavy atom. The van der Waals surface area contributed by atoms with Gasteiger partial charge in [-0.3, -0.25) is 0 Å². The van der Waals surface area contributed by atoms with Crippen LogP contribution < -0.4 is 0 Å². The monoisotopic (exact) mass is 197 g/mol. The van der Waals surface area contributed by atoms with Crippen molar-refractivity contribution in [3.63, 3.8) is 0 Å². The highest BCUT2D eigenvalue weighted by atomic mass is 32.2. The molecule has 3 nitrogen and oxygen atoms in total. The first-order valence-electron chi connectivity index (χ1n) is 4.35. The van der Waals surface area contributed by atoms with E-state index in [1.807, 2.05) is 12.4 Å². The number of likely N-dealkylation sites (tertiary alicyclic amines) is 1. The van der Waals surface area contributed by atoms with Gasteiger partial charge in [0.1, 0.15) is 0 Å². The zero-order valence-electron chi connectivity index (χ0n) is 8.37. The van der Waals surface area contributed by atoms with E-state index < -0.39 is 0 Å². The minimum atomic E-state index is 0.367. The van der Waals surface area contributed by atoms with Crippen LogP contribution in [0.2, 0.25) is 0 Å². The van der Waals surface area contributed by atoms with Crippen LogP contribution in [-0.4, -0.2) is 29.4 Å². The van der Waals surface area contributed by atoms with Crippen molar-refractivity contribution in [1.82, 2.24) is 4.90 Å². The summed E-state index contributed by atoms with van der Waals surface area (Å²) in [5.41, 5.74) is 0.367. The van der Waals surface area contributed by atoms with Crippen molar-refractivity contribution in [2.75, 3.05) is 19.3 Å². The molecule has 0 atom stereocenters. The molecule has 13 heavy (non-hydrogen) atoms. The van der Waals surface area contributed by atoms with Gasteiger partial charge in [-0.15, -0.1) is 4.99 Å². The lowest BCUT2D eigenvalue weighted by molar-refractivity contribution is 0.378. The normalized spacial score (nSPS) is 21.7. The molecular formula is C9H15N3S. The van der Waals surface area contributed by atoms with E-state index in [0.717, 1.165) is 18.3 Å². The van der Waals surface area contributed by atoms with Gasteiger partial charge in [0.05, 0.1) is 0 Å². The molecule has 0 aliphatic carbocycles. The second-order valence-electron chi connectivity index (χ2n) is 4.03. The highest BCUT2D eigenvalue weighted by Gasteiger charge is 2.30. The Hall–Kier alpha value is -0.690. The third kappa shape index (κ3) is 2.63. The first kappa shape index (κ1) is 10.4. The lowest BCUT2D eigenvalue weighted by Gasteiger charge is -2.20. The number of rotatable bonds is 0. The zero-order chi connectivity index (χ0) is 9.90. The predicted molar refractivity (Wildman–Crippen MR) is 56.5 cm³/mol. The molecule has 1 heterocycles. The maximum atomic E-state index is 8.48. The van der Waals surface area contributed by atoms with Crippen molar-refractivity contribution < 1.29 is 0 Å². The van der Waals surface area contributed by atoms with E-state index in [1.165, 1.54) is 6.42 Å². The number of nitriles is 1. The van der Waals surface area contributed by atoms with E-state index in [9.17, 15) is 0 Å². The molecule has 0 N–H and O–H groups in total. The molecule has 0 aromatic carbocycles. The first-order chi connectivity index (χ1) is 6.09. The van der Waals surface area contributed by atoms with Crippen molar-refractivity contribution in [3.05, 3.63) is 0 Å². The Balaban J connectivity index is 2.65. The van der Waals surface area contributed by atoms with Gasteiger partial charge >= 0.3 is 0 Å². The summed E-state index contributed by atoms with van der Waals surface area (Å²) < 4.78 is 0. The van der Waals surface area contributed by atoms with E-state index >= 15 is 0 Å². The van der Waals surface area contributed by atoms with Crippen molar-refractivity contribution in [3.8, 4) is 6.19 Å². The number of hydrogen-bond donors (Lipinski definition) is 0. The molecule has 1 aliphatic rings. The molecule has 1 fully saturated rings. The number of aliphatic imine (C=N–C) groups is 1. The lowest BCUT2D eigenvalue weighted by atomic mass is 9.93. The number of nitrogens with zero attached hydrogens (tertiary/aromatic N) is 3. The fourth-order valence-corrected chi connectivity index (χ4v) is 2.11. The van der Waals surface area contributed by atoms with Crippen molar-refractivity contribution in [2.45, 2.75) is 20.3 Å². The summed E-state index contributed by atoms with van der Waals surface area (Å²) >= 11 is 1.55. The molecule has 4 heteroatoms. The summed E-state index contributed by atoms with van der Waals surface area (Å²) in [6.07, 6.45) is 4.99. The maximum Gasteiger partial charge on any atom is 0.208 e. The molecular weight excluding hydrogens is 182 g/mol. The number of thioether (sulfide) groups is 1. The van der Waals surface area contributed by atoms with Crippen LogP contribution in [0.15, 0.2) is 4.99 Å². The quantitative estimate of drug-likeness (QED) is 0.338. The second kappa shape index (κ2) is 4.01. The lowest BCUT2D eigenvalue weighted by Crippen LogP contribution is -2.27. The minimum absolute atomic E-state index is 0.367. The van der Waals surface area contributed by atoms with Gasteiger partial charge in [-0.1, -0.05) is 25.6 Å². The Morgan fingerprint density at radius 3 is 2.69 bits per heavy atom. The van der Waals surface area contributed by atoms with Gasteiger partial charge in [-0.05, 0) is 18.1 Å². The molecule has 0 spiro atoms. The third-order valence-corrected chi connectivity index (χ3v) is 2.99. The predicted octanol–water partition coefficient (Wildman–Crippen LogP) is 1.92. The molecule has 0 radical (unpaired) electrons. The number of amidine groups is 1. The summed E-state index contributed by atoms with van der Waals surface area (Å²) in [6.45, 7) is 6.53. The SMILES string of the molecule is CSC(=NC#N)N1CCC(C)(C)C1. The molecule has 0 unspecified atom stereocenters.